The maximum Gasteiger partial charge on any atom is -0.00197 e. The van der Waals surface area contributed by atoms with Crippen LogP contribution in [-0.4, -0.2) is 0 Å². The molecule has 0 unspecified atom stereocenters. The number of benzene rings is 8. The molecule has 0 nitrogen and oxygen atoms in total. The first-order valence-electron chi connectivity index (χ1n) is 16.1. The molecule has 0 aliphatic heterocycles. The summed E-state index contributed by atoms with van der Waals surface area (Å²) in [5.41, 5.74) is 2.82. The molecule has 0 bridgehead atoms. The molecule has 0 N–H and O–H groups in total. The fourth-order valence-electron chi connectivity index (χ4n) is 8.26. The summed E-state index contributed by atoms with van der Waals surface area (Å²) < 4.78 is 0. The van der Waals surface area contributed by atoms with Gasteiger partial charge >= 0.3 is 0 Å². The molecule has 0 heteroatoms. The second-order valence-electron chi connectivity index (χ2n) is 13.7. The van der Waals surface area contributed by atoms with Crippen molar-refractivity contribution in [3.63, 3.8) is 0 Å². The summed E-state index contributed by atoms with van der Waals surface area (Å²) in [5, 5.41) is 24.6. The predicted molar refractivity (Wildman–Crippen MR) is 195 cm³/mol. The van der Waals surface area contributed by atoms with E-state index in [0.29, 0.717) is 11.8 Å². The molecule has 44 heavy (non-hydrogen) atoms. The van der Waals surface area contributed by atoms with Crippen LogP contribution >= 0.6 is 0 Å². The Morgan fingerprint density at radius 2 is 0.545 bits per heavy atom. The van der Waals surface area contributed by atoms with Crippen molar-refractivity contribution in [2.75, 3.05) is 0 Å². The van der Waals surface area contributed by atoms with Gasteiger partial charge in [-0.2, -0.15) is 0 Å². The van der Waals surface area contributed by atoms with E-state index in [1.54, 1.807) is 0 Å². The van der Waals surface area contributed by atoms with E-state index in [0.717, 1.165) is 0 Å². The Hall–Kier alpha value is -4.94. The molecule has 0 radical (unpaired) electrons. The molecule has 10 rings (SSSR count). The van der Waals surface area contributed by atoms with E-state index in [2.05, 4.69) is 137 Å². The summed E-state index contributed by atoms with van der Waals surface area (Å²) in [6, 6.07) is 42.4. The van der Waals surface area contributed by atoms with Gasteiger partial charge in [0, 0.05) is 0 Å². The monoisotopic (exact) mass is 560 g/mol. The first-order valence-corrected chi connectivity index (χ1v) is 16.1. The van der Waals surface area contributed by atoms with E-state index >= 15 is 0 Å². The molecule has 0 spiro atoms. The quantitative estimate of drug-likeness (QED) is 0.184. The van der Waals surface area contributed by atoms with E-state index in [-0.39, 0.29) is 0 Å². The highest BCUT2D eigenvalue weighted by atomic mass is 14.2. The zero-order valence-electron chi connectivity index (χ0n) is 25.5. The Morgan fingerprint density at radius 1 is 0.295 bits per heavy atom. The van der Waals surface area contributed by atoms with Crippen LogP contribution in [0, 0.1) is 0 Å². The lowest BCUT2D eigenvalue weighted by Gasteiger charge is -2.14. The van der Waals surface area contributed by atoms with Gasteiger partial charge in [0.1, 0.15) is 0 Å². The maximum absolute atomic E-state index is 2.53. The van der Waals surface area contributed by atoms with Crippen LogP contribution in [0.25, 0.3) is 97.0 Å². The standard InChI is InChI=1S/C44H32/c1-23(2)29-17-37-31-13-25-9-5-7-11-27(25)15-33(31)41-22-36-35(39(19-29)43(37)41)21-42-34-16-28-12-8-6-10-26(28)14-32(34)38-18-30(24(3)4)20-40(36)44(38)42/h5-24H,1-4H3. The molecule has 0 atom stereocenters. The Bertz CT molecular complexity index is 2610. The summed E-state index contributed by atoms with van der Waals surface area (Å²) in [4.78, 5) is 0. The van der Waals surface area contributed by atoms with Crippen LogP contribution in [0.4, 0.5) is 0 Å². The van der Waals surface area contributed by atoms with Crippen molar-refractivity contribution < 1.29 is 0 Å². The second kappa shape index (κ2) is 8.36. The van der Waals surface area contributed by atoms with E-state index in [4.69, 9.17) is 0 Å². The largest absolute Gasteiger partial charge is 0.0616 e. The number of fused-ring (bicyclic) bond motifs is 11. The smallest absolute Gasteiger partial charge is 0.00197 e. The van der Waals surface area contributed by atoms with E-state index < -0.39 is 0 Å². The molecule has 0 aliphatic carbocycles. The van der Waals surface area contributed by atoms with Crippen LogP contribution in [-0.2, 0) is 0 Å². The second-order valence-corrected chi connectivity index (χ2v) is 13.7. The maximum atomic E-state index is 2.53. The van der Waals surface area contributed by atoms with Gasteiger partial charge in [-0.15, -0.1) is 0 Å². The van der Waals surface area contributed by atoms with Crippen LogP contribution in [0.1, 0.15) is 50.7 Å². The lowest BCUT2D eigenvalue weighted by atomic mass is 9.89. The Labute approximate surface area is 256 Å². The van der Waals surface area contributed by atoms with Crippen molar-refractivity contribution in [2.45, 2.75) is 39.5 Å². The van der Waals surface area contributed by atoms with E-state index in [9.17, 15) is 0 Å². The molecule has 0 aromatic heterocycles. The fraction of sp³-hybridized carbons (Fsp3) is 0.136. The highest BCUT2D eigenvalue weighted by Gasteiger charge is 2.22. The number of hydrogen-bond acceptors (Lipinski definition) is 0. The van der Waals surface area contributed by atoms with Gasteiger partial charge in [-0.3, -0.25) is 0 Å². The van der Waals surface area contributed by atoms with Crippen molar-refractivity contribution in [3.8, 4) is 0 Å². The van der Waals surface area contributed by atoms with Crippen LogP contribution in [0.2, 0.25) is 0 Å². The summed E-state index contributed by atoms with van der Waals surface area (Å²) in [7, 11) is 0. The average molecular weight is 561 g/mol. The van der Waals surface area contributed by atoms with E-state index in [1.807, 2.05) is 0 Å². The molecule has 0 aliphatic rings. The van der Waals surface area contributed by atoms with Gasteiger partial charge in [0.15, 0.2) is 0 Å². The van der Waals surface area contributed by atoms with Crippen molar-refractivity contribution >= 4 is 97.0 Å². The Kier molecular flexibility index (Phi) is 4.66. The highest BCUT2D eigenvalue weighted by Crippen LogP contribution is 2.49. The number of hydrogen-bond donors (Lipinski definition) is 0. The van der Waals surface area contributed by atoms with Gasteiger partial charge in [-0.05, 0) is 156 Å². The van der Waals surface area contributed by atoms with Crippen LogP contribution in [0.3, 0.4) is 0 Å². The zero-order chi connectivity index (χ0) is 29.4. The van der Waals surface area contributed by atoms with Crippen LogP contribution < -0.4 is 0 Å². The average Bonchev–Trinajstić information content (AvgIpc) is 3.51. The molecular weight excluding hydrogens is 528 g/mol. The molecule has 0 heterocycles. The van der Waals surface area contributed by atoms with Crippen molar-refractivity contribution in [1.29, 1.82) is 0 Å². The Balaban J connectivity index is 1.50. The Morgan fingerprint density at radius 3 is 0.818 bits per heavy atom. The third kappa shape index (κ3) is 3.08. The minimum Gasteiger partial charge on any atom is -0.0616 e. The summed E-state index contributed by atoms with van der Waals surface area (Å²) >= 11 is 0. The summed E-state index contributed by atoms with van der Waals surface area (Å²) in [5.74, 6) is 0.890. The zero-order valence-corrected chi connectivity index (χ0v) is 25.5. The first-order chi connectivity index (χ1) is 21.4. The van der Waals surface area contributed by atoms with Crippen molar-refractivity contribution in [3.05, 3.63) is 120 Å². The molecule has 10 aromatic carbocycles. The van der Waals surface area contributed by atoms with Gasteiger partial charge in [0.05, 0.1) is 0 Å². The molecule has 0 saturated carbocycles. The third-order valence-electron chi connectivity index (χ3n) is 10.6. The van der Waals surface area contributed by atoms with Crippen molar-refractivity contribution in [1.82, 2.24) is 0 Å². The summed E-state index contributed by atoms with van der Waals surface area (Å²) in [6.07, 6.45) is 0. The normalized spacial score (nSPS) is 13.0. The van der Waals surface area contributed by atoms with Crippen LogP contribution in [0.5, 0.6) is 0 Å². The molecule has 0 saturated heterocycles. The minimum atomic E-state index is 0.445. The molecule has 10 aromatic rings. The SMILES string of the molecule is CC(C)c1cc2c3cc4ccccc4cc3c3cc4c(cc5c6cc7ccccc7cc6c6cc(C(C)C)cc4c65)c(c1)c23. The van der Waals surface area contributed by atoms with E-state index in [1.165, 1.54) is 108 Å². The van der Waals surface area contributed by atoms with Gasteiger partial charge in [-0.1, -0.05) is 100 Å². The lowest BCUT2D eigenvalue weighted by molar-refractivity contribution is 0.870. The van der Waals surface area contributed by atoms with Gasteiger partial charge in [0.2, 0.25) is 0 Å². The van der Waals surface area contributed by atoms with Gasteiger partial charge in [0.25, 0.3) is 0 Å². The van der Waals surface area contributed by atoms with Gasteiger partial charge in [-0.25, -0.2) is 0 Å². The number of rotatable bonds is 2. The van der Waals surface area contributed by atoms with Crippen LogP contribution in [0.15, 0.2) is 109 Å². The highest BCUT2D eigenvalue weighted by molar-refractivity contribution is 6.42. The van der Waals surface area contributed by atoms with Crippen molar-refractivity contribution in [2.24, 2.45) is 0 Å². The topological polar surface area (TPSA) is 0 Å². The third-order valence-corrected chi connectivity index (χ3v) is 10.6. The molecular formula is C44H32. The fourth-order valence-corrected chi connectivity index (χ4v) is 8.26. The van der Waals surface area contributed by atoms with Gasteiger partial charge < -0.3 is 0 Å². The molecule has 0 fully saturated rings. The summed E-state index contributed by atoms with van der Waals surface area (Å²) in [6.45, 7) is 9.31. The lowest BCUT2D eigenvalue weighted by Crippen LogP contribution is -1.90. The minimum absolute atomic E-state index is 0.445. The predicted octanol–water partition coefficient (Wildman–Crippen LogP) is 13.2. The molecule has 0 amide bonds. The first kappa shape index (κ1) is 24.5. The molecule has 208 valence electrons.